The number of ketones is 1. The van der Waals surface area contributed by atoms with Crippen molar-refractivity contribution < 1.29 is 4.79 Å². The molecule has 1 atom stereocenters. The van der Waals surface area contributed by atoms with Crippen LogP contribution in [0.15, 0.2) is 24.3 Å². The van der Waals surface area contributed by atoms with Crippen molar-refractivity contribution in [2.45, 2.75) is 58.4 Å². The number of anilines is 1. The Kier molecular flexibility index (Phi) is 5.00. The molecule has 2 nitrogen and oxygen atoms in total. The zero-order valence-electron chi connectivity index (χ0n) is 12.1. The number of nitrogens with one attached hydrogen (secondary N) is 1. The smallest absolute Gasteiger partial charge is 0.131 e. The van der Waals surface area contributed by atoms with Crippen LogP contribution in [0.5, 0.6) is 0 Å². The molecule has 0 bridgehead atoms. The maximum absolute atomic E-state index is 11.5. The van der Waals surface area contributed by atoms with E-state index in [9.17, 15) is 4.79 Å². The molecule has 104 valence electrons. The van der Waals surface area contributed by atoms with Gasteiger partial charge < -0.3 is 5.32 Å². The maximum Gasteiger partial charge on any atom is 0.131 e. The fourth-order valence-corrected chi connectivity index (χ4v) is 3.05. The van der Waals surface area contributed by atoms with Crippen molar-refractivity contribution in [2.75, 3.05) is 5.32 Å². The minimum absolute atomic E-state index is 0.287. The zero-order valence-corrected chi connectivity index (χ0v) is 12.1. The summed E-state index contributed by atoms with van der Waals surface area (Å²) in [6.07, 6.45) is 7.16. The number of benzene rings is 1. The first-order valence-corrected chi connectivity index (χ1v) is 7.48. The Morgan fingerprint density at radius 1 is 1.21 bits per heavy atom. The van der Waals surface area contributed by atoms with Crippen LogP contribution in [-0.4, -0.2) is 11.8 Å². The molecule has 0 aromatic heterocycles. The van der Waals surface area contributed by atoms with Gasteiger partial charge in [-0.15, -0.1) is 0 Å². The quantitative estimate of drug-likeness (QED) is 0.852. The highest BCUT2D eigenvalue weighted by atomic mass is 16.1. The van der Waals surface area contributed by atoms with Gasteiger partial charge >= 0.3 is 0 Å². The lowest BCUT2D eigenvalue weighted by Crippen LogP contribution is -2.32. The lowest BCUT2D eigenvalue weighted by molar-refractivity contribution is -0.117. The SMILES string of the molecule is CC(=O)C[C@H](Nc1ccc(C)cc1)C1CCCCC1. The minimum atomic E-state index is 0.287. The van der Waals surface area contributed by atoms with Crippen molar-refractivity contribution in [1.29, 1.82) is 0 Å². The molecule has 0 heterocycles. The highest BCUT2D eigenvalue weighted by Crippen LogP contribution is 2.29. The van der Waals surface area contributed by atoms with Crippen LogP contribution in [0.4, 0.5) is 5.69 Å². The zero-order chi connectivity index (χ0) is 13.7. The summed E-state index contributed by atoms with van der Waals surface area (Å²) in [6.45, 7) is 3.80. The Hall–Kier alpha value is -1.31. The van der Waals surface area contributed by atoms with Crippen molar-refractivity contribution in [3.8, 4) is 0 Å². The van der Waals surface area contributed by atoms with Crippen LogP contribution in [-0.2, 0) is 4.79 Å². The van der Waals surface area contributed by atoms with Crippen LogP contribution in [0.25, 0.3) is 0 Å². The molecule has 0 unspecified atom stereocenters. The van der Waals surface area contributed by atoms with E-state index in [1.807, 2.05) is 0 Å². The monoisotopic (exact) mass is 259 g/mol. The first-order chi connectivity index (χ1) is 9.15. The standard InChI is InChI=1S/C17H25NO/c1-13-8-10-16(11-9-13)18-17(12-14(2)19)15-6-4-3-5-7-15/h8-11,15,17-18H,3-7,12H2,1-2H3/t17-/m0/s1. The van der Waals surface area contributed by atoms with E-state index in [0.717, 1.165) is 5.69 Å². The normalized spacial score (nSPS) is 18.0. The van der Waals surface area contributed by atoms with E-state index in [4.69, 9.17) is 0 Å². The van der Waals surface area contributed by atoms with Gasteiger partial charge in [0.25, 0.3) is 0 Å². The van der Waals surface area contributed by atoms with Gasteiger partial charge in [0.2, 0.25) is 0 Å². The molecule has 0 radical (unpaired) electrons. The molecule has 1 N–H and O–H groups in total. The molecule has 1 aromatic carbocycles. The van der Waals surface area contributed by atoms with Crippen LogP contribution in [0.3, 0.4) is 0 Å². The van der Waals surface area contributed by atoms with Gasteiger partial charge in [0.05, 0.1) is 0 Å². The minimum Gasteiger partial charge on any atom is -0.382 e. The largest absolute Gasteiger partial charge is 0.382 e. The third-order valence-corrected chi connectivity index (χ3v) is 4.13. The van der Waals surface area contributed by atoms with Gasteiger partial charge in [0.15, 0.2) is 0 Å². The molecule has 1 aromatic rings. The molecule has 0 aliphatic heterocycles. The van der Waals surface area contributed by atoms with Crippen molar-refractivity contribution in [3.63, 3.8) is 0 Å². The Morgan fingerprint density at radius 3 is 2.42 bits per heavy atom. The van der Waals surface area contributed by atoms with Crippen LogP contribution >= 0.6 is 0 Å². The Bertz CT molecular complexity index is 404. The fourth-order valence-electron chi connectivity index (χ4n) is 3.05. The van der Waals surface area contributed by atoms with Crippen molar-refractivity contribution in [3.05, 3.63) is 29.8 Å². The van der Waals surface area contributed by atoms with Crippen molar-refractivity contribution >= 4 is 11.5 Å². The molecule has 2 rings (SSSR count). The summed E-state index contributed by atoms with van der Waals surface area (Å²) >= 11 is 0. The molecule has 1 saturated carbocycles. The maximum atomic E-state index is 11.5. The number of hydrogen-bond donors (Lipinski definition) is 1. The van der Waals surface area contributed by atoms with E-state index in [2.05, 4.69) is 36.5 Å². The average molecular weight is 259 g/mol. The van der Waals surface area contributed by atoms with E-state index in [0.29, 0.717) is 18.4 Å². The molecule has 2 heteroatoms. The summed E-state index contributed by atoms with van der Waals surface area (Å²) in [4.78, 5) is 11.5. The van der Waals surface area contributed by atoms with Gasteiger partial charge in [-0.2, -0.15) is 0 Å². The van der Waals surface area contributed by atoms with E-state index in [-0.39, 0.29) is 5.78 Å². The number of hydrogen-bond acceptors (Lipinski definition) is 2. The number of rotatable bonds is 5. The fraction of sp³-hybridized carbons (Fsp3) is 0.588. The second kappa shape index (κ2) is 6.74. The number of carbonyl (C=O) groups is 1. The summed E-state index contributed by atoms with van der Waals surface area (Å²) < 4.78 is 0. The van der Waals surface area contributed by atoms with Gasteiger partial charge in [-0.3, -0.25) is 4.79 Å². The van der Waals surface area contributed by atoms with Gasteiger partial charge in [-0.05, 0) is 44.7 Å². The predicted octanol–water partition coefficient (Wildman–Crippen LogP) is 4.33. The van der Waals surface area contributed by atoms with E-state index in [1.165, 1.54) is 37.7 Å². The van der Waals surface area contributed by atoms with Gasteiger partial charge in [0.1, 0.15) is 5.78 Å². The Labute approximate surface area is 116 Å². The molecular weight excluding hydrogens is 234 g/mol. The van der Waals surface area contributed by atoms with E-state index >= 15 is 0 Å². The van der Waals surface area contributed by atoms with Crippen LogP contribution < -0.4 is 5.32 Å². The van der Waals surface area contributed by atoms with Gasteiger partial charge in [0, 0.05) is 18.2 Å². The first kappa shape index (κ1) is 14.1. The second-order valence-electron chi connectivity index (χ2n) is 5.92. The number of aryl methyl sites for hydroxylation is 1. The summed E-state index contributed by atoms with van der Waals surface area (Å²) in [6, 6.07) is 8.78. The lowest BCUT2D eigenvalue weighted by Gasteiger charge is -2.31. The van der Waals surface area contributed by atoms with Gasteiger partial charge in [-0.25, -0.2) is 0 Å². The molecule has 1 aliphatic carbocycles. The Morgan fingerprint density at radius 2 is 1.84 bits per heavy atom. The first-order valence-electron chi connectivity index (χ1n) is 7.48. The molecule has 19 heavy (non-hydrogen) atoms. The second-order valence-corrected chi connectivity index (χ2v) is 5.92. The van der Waals surface area contributed by atoms with Gasteiger partial charge in [-0.1, -0.05) is 37.0 Å². The van der Waals surface area contributed by atoms with Crippen molar-refractivity contribution in [2.24, 2.45) is 5.92 Å². The molecule has 0 spiro atoms. The van der Waals surface area contributed by atoms with Crippen LogP contribution in [0, 0.1) is 12.8 Å². The third kappa shape index (κ3) is 4.38. The van der Waals surface area contributed by atoms with Crippen molar-refractivity contribution in [1.82, 2.24) is 0 Å². The summed E-state index contributed by atoms with van der Waals surface area (Å²) in [5.41, 5.74) is 2.41. The topological polar surface area (TPSA) is 29.1 Å². The highest BCUT2D eigenvalue weighted by molar-refractivity contribution is 5.76. The van der Waals surface area contributed by atoms with E-state index < -0.39 is 0 Å². The molecule has 1 aliphatic rings. The molecule has 0 amide bonds. The molecule has 0 saturated heterocycles. The lowest BCUT2D eigenvalue weighted by atomic mass is 9.82. The Balaban J connectivity index is 2.03. The summed E-state index contributed by atoms with van der Waals surface area (Å²) in [7, 11) is 0. The average Bonchev–Trinajstić information content (AvgIpc) is 2.41. The van der Waals surface area contributed by atoms with Crippen LogP contribution in [0.2, 0.25) is 0 Å². The summed E-state index contributed by atoms with van der Waals surface area (Å²) in [5.74, 6) is 0.939. The number of Topliss-reactive ketones (excluding diaryl/α,β-unsaturated/α-hetero) is 1. The third-order valence-electron chi connectivity index (χ3n) is 4.13. The molecule has 1 fully saturated rings. The van der Waals surface area contributed by atoms with E-state index in [1.54, 1.807) is 6.92 Å². The predicted molar refractivity (Wildman–Crippen MR) is 80.5 cm³/mol. The number of carbonyl (C=O) groups excluding carboxylic acids is 1. The highest BCUT2D eigenvalue weighted by Gasteiger charge is 2.24. The van der Waals surface area contributed by atoms with Crippen LogP contribution in [0.1, 0.15) is 51.0 Å². The summed E-state index contributed by atoms with van der Waals surface area (Å²) in [5, 5.41) is 3.59. The molecular formula is C17H25NO.